The van der Waals surface area contributed by atoms with E-state index in [2.05, 4.69) is 0 Å². The molecule has 0 aliphatic carbocycles. The summed E-state index contributed by atoms with van der Waals surface area (Å²) in [6, 6.07) is 13.4. The van der Waals surface area contributed by atoms with Crippen molar-refractivity contribution in [1.82, 2.24) is 0 Å². The first kappa shape index (κ1) is 15.5. The Morgan fingerprint density at radius 1 is 0.696 bits per heavy atom. The second-order valence-electron chi connectivity index (χ2n) is 4.86. The molecule has 2 nitrogen and oxygen atoms in total. The molecule has 5 heteroatoms. The van der Waals surface area contributed by atoms with E-state index in [0.717, 1.165) is 20.9 Å². The van der Waals surface area contributed by atoms with Gasteiger partial charge < -0.3 is 9.47 Å². The second kappa shape index (κ2) is 6.38. The van der Waals surface area contributed by atoms with Crippen molar-refractivity contribution < 1.29 is 18.3 Å². The van der Waals surface area contributed by atoms with Crippen LogP contribution in [0.15, 0.2) is 48.5 Å². The van der Waals surface area contributed by atoms with Crippen LogP contribution in [-0.4, -0.2) is 14.2 Å². The van der Waals surface area contributed by atoms with Gasteiger partial charge in [-0.05, 0) is 47.5 Å². The van der Waals surface area contributed by atoms with Crippen LogP contribution in [0.4, 0.5) is 8.78 Å². The molecule has 1 heterocycles. The number of halogens is 2. The highest BCUT2D eigenvalue weighted by Crippen LogP contribution is 2.37. The largest absolute Gasteiger partial charge is 0.494 e. The van der Waals surface area contributed by atoms with Crippen molar-refractivity contribution in [3.05, 3.63) is 60.2 Å². The number of rotatable bonds is 4. The fourth-order valence-corrected chi connectivity index (χ4v) is 3.27. The molecule has 2 aromatic carbocycles. The number of hydrogen-bond acceptors (Lipinski definition) is 3. The first-order chi connectivity index (χ1) is 11.1. The molecule has 0 N–H and O–H groups in total. The Bertz CT molecular complexity index is 775. The van der Waals surface area contributed by atoms with Crippen LogP contribution in [0.5, 0.6) is 11.5 Å². The summed E-state index contributed by atoms with van der Waals surface area (Å²) in [6.07, 6.45) is 0. The highest BCUT2D eigenvalue weighted by Gasteiger charge is 2.10. The van der Waals surface area contributed by atoms with Crippen molar-refractivity contribution in [3.8, 4) is 32.4 Å². The number of hydrogen-bond donors (Lipinski definition) is 0. The van der Waals surface area contributed by atoms with Crippen LogP contribution < -0.4 is 9.47 Å². The zero-order chi connectivity index (χ0) is 16.4. The van der Waals surface area contributed by atoms with Crippen LogP contribution >= 0.6 is 11.3 Å². The standard InChI is InChI=1S/C18H14F2O2S/c1-21-15-9-11(3-5-13(15)19)17-7-8-18(23-17)12-4-6-14(20)16(10-12)22-2/h3-10H,1-2H3. The van der Waals surface area contributed by atoms with Crippen molar-refractivity contribution in [1.29, 1.82) is 0 Å². The third-order valence-corrected chi connectivity index (χ3v) is 4.66. The minimum atomic E-state index is -0.392. The van der Waals surface area contributed by atoms with E-state index in [4.69, 9.17) is 9.47 Å². The normalized spacial score (nSPS) is 10.6. The maximum Gasteiger partial charge on any atom is 0.165 e. The molecular formula is C18H14F2O2S. The summed E-state index contributed by atoms with van der Waals surface area (Å²) >= 11 is 1.53. The number of thiophene rings is 1. The zero-order valence-electron chi connectivity index (χ0n) is 12.6. The fraction of sp³-hybridized carbons (Fsp3) is 0.111. The van der Waals surface area contributed by atoms with Crippen molar-refractivity contribution in [2.75, 3.05) is 14.2 Å². The molecule has 0 saturated heterocycles. The topological polar surface area (TPSA) is 18.5 Å². The highest BCUT2D eigenvalue weighted by molar-refractivity contribution is 7.18. The summed E-state index contributed by atoms with van der Waals surface area (Å²) in [5.41, 5.74) is 1.74. The zero-order valence-corrected chi connectivity index (χ0v) is 13.4. The van der Waals surface area contributed by atoms with Crippen molar-refractivity contribution >= 4 is 11.3 Å². The molecule has 0 spiro atoms. The van der Waals surface area contributed by atoms with Gasteiger partial charge in [0, 0.05) is 9.75 Å². The summed E-state index contributed by atoms with van der Waals surface area (Å²) in [5.74, 6) is -0.366. The molecule has 0 bridgehead atoms. The van der Waals surface area contributed by atoms with Gasteiger partial charge in [0.05, 0.1) is 14.2 Å². The first-order valence-corrected chi connectivity index (χ1v) is 7.71. The van der Waals surface area contributed by atoms with Crippen LogP contribution in [-0.2, 0) is 0 Å². The van der Waals surface area contributed by atoms with Gasteiger partial charge in [0.1, 0.15) is 0 Å². The smallest absolute Gasteiger partial charge is 0.165 e. The van der Waals surface area contributed by atoms with Crippen LogP contribution in [0.1, 0.15) is 0 Å². The highest BCUT2D eigenvalue weighted by atomic mass is 32.1. The van der Waals surface area contributed by atoms with Gasteiger partial charge in [-0.2, -0.15) is 0 Å². The molecule has 0 fully saturated rings. The second-order valence-corrected chi connectivity index (χ2v) is 5.95. The maximum absolute atomic E-state index is 13.5. The Morgan fingerprint density at radius 2 is 1.13 bits per heavy atom. The Balaban J connectivity index is 1.97. The van der Waals surface area contributed by atoms with E-state index in [-0.39, 0.29) is 11.5 Å². The van der Waals surface area contributed by atoms with E-state index in [0.29, 0.717) is 0 Å². The Morgan fingerprint density at radius 3 is 1.52 bits per heavy atom. The lowest BCUT2D eigenvalue weighted by Gasteiger charge is -2.05. The summed E-state index contributed by atoms with van der Waals surface area (Å²) in [5, 5.41) is 0. The Labute approximate surface area is 136 Å². The van der Waals surface area contributed by atoms with Crippen molar-refractivity contribution in [3.63, 3.8) is 0 Å². The molecule has 0 aliphatic heterocycles. The number of ether oxygens (including phenoxy) is 2. The van der Waals surface area contributed by atoms with Crippen LogP contribution in [0.3, 0.4) is 0 Å². The molecule has 0 unspecified atom stereocenters. The summed E-state index contributed by atoms with van der Waals surface area (Å²) in [4.78, 5) is 1.95. The summed E-state index contributed by atoms with van der Waals surface area (Å²) in [6.45, 7) is 0. The lowest BCUT2D eigenvalue weighted by Crippen LogP contribution is -1.88. The predicted molar refractivity (Wildman–Crippen MR) is 88.2 cm³/mol. The van der Waals surface area contributed by atoms with Gasteiger partial charge in [-0.1, -0.05) is 12.1 Å². The third kappa shape index (κ3) is 3.05. The number of benzene rings is 2. The van der Waals surface area contributed by atoms with Gasteiger partial charge in [0.25, 0.3) is 0 Å². The SMILES string of the molecule is COc1cc(-c2ccc(-c3ccc(F)c(OC)c3)s2)ccc1F. The van der Waals surface area contributed by atoms with E-state index in [1.54, 1.807) is 24.3 Å². The Kier molecular flexibility index (Phi) is 4.30. The monoisotopic (exact) mass is 332 g/mol. The van der Waals surface area contributed by atoms with Gasteiger partial charge in [-0.25, -0.2) is 8.78 Å². The minimum absolute atomic E-state index is 0.209. The van der Waals surface area contributed by atoms with E-state index in [1.165, 1.54) is 37.7 Å². The molecule has 0 amide bonds. The molecule has 118 valence electrons. The van der Waals surface area contributed by atoms with Gasteiger partial charge in [0.15, 0.2) is 23.1 Å². The molecule has 3 rings (SSSR count). The van der Waals surface area contributed by atoms with Gasteiger partial charge in [-0.3, -0.25) is 0 Å². The van der Waals surface area contributed by atoms with Gasteiger partial charge in [0.2, 0.25) is 0 Å². The van der Waals surface area contributed by atoms with E-state index in [9.17, 15) is 8.78 Å². The van der Waals surface area contributed by atoms with E-state index in [1.807, 2.05) is 12.1 Å². The molecule has 0 aliphatic rings. The third-order valence-electron chi connectivity index (χ3n) is 3.48. The fourth-order valence-electron chi connectivity index (χ4n) is 2.27. The van der Waals surface area contributed by atoms with Crippen molar-refractivity contribution in [2.24, 2.45) is 0 Å². The summed E-state index contributed by atoms with van der Waals surface area (Å²) in [7, 11) is 2.87. The molecule has 1 aromatic heterocycles. The predicted octanol–water partition coefficient (Wildman–Crippen LogP) is 5.38. The lowest BCUT2D eigenvalue weighted by atomic mass is 10.1. The average Bonchev–Trinajstić information content (AvgIpc) is 3.05. The molecule has 3 aromatic rings. The summed E-state index contributed by atoms with van der Waals surface area (Å²) < 4.78 is 37.0. The van der Waals surface area contributed by atoms with E-state index >= 15 is 0 Å². The Hall–Kier alpha value is -2.40. The minimum Gasteiger partial charge on any atom is -0.494 e. The molecule has 0 radical (unpaired) electrons. The van der Waals surface area contributed by atoms with Gasteiger partial charge in [-0.15, -0.1) is 11.3 Å². The van der Waals surface area contributed by atoms with Crippen LogP contribution in [0.2, 0.25) is 0 Å². The van der Waals surface area contributed by atoms with Crippen LogP contribution in [0.25, 0.3) is 20.9 Å². The molecule has 0 saturated carbocycles. The van der Waals surface area contributed by atoms with Crippen LogP contribution in [0, 0.1) is 11.6 Å². The maximum atomic E-state index is 13.5. The van der Waals surface area contributed by atoms with E-state index < -0.39 is 11.6 Å². The molecule has 0 atom stereocenters. The van der Waals surface area contributed by atoms with Crippen molar-refractivity contribution in [2.45, 2.75) is 0 Å². The first-order valence-electron chi connectivity index (χ1n) is 6.90. The number of methoxy groups -OCH3 is 2. The molecular weight excluding hydrogens is 318 g/mol. The lowest BCUT2D eigenvalue weighted by molar-refractivity contribution is 0.387. The van der Waals surface area contributed by atoms with Gasteiger partial charge >= 0.3 is 0 Å². The molecule has 23 heavy (non-hydrogen) atoms. The quantitative estimate of drug-likeness (QED) is 0.639. The average molecular weight is 332 g/mol.